The summed E-state index contributed by atoms with van der Waals surface area (Å²) in [5.74, 6) is 0.463. The maximum absolute atomic E-state index is 11.4. The predicted molar refractivity (Wildman–Crippen MR) is 73.0 cm³/mol. The fraction of sp³-hybridized carbons (Fsp3) is 0.750. The first kappa shape index (κ1) is 14.7. The molecule has 1 atom stereocenters. The molecule has 0 amide bonds. The van der Waals surface area contributed by atoms with E-state index in [0.29, 0.717) is 31.2 Å². The number of ether oxygens (including phenoxy) is 1. The van der Waals surface area contributed by atoms with Crippen LogP contribution >= 0.6 is 0 Å². The molecule has 1 saturated heterocycles. The second kappa shape index (κ2) is 5.76. The van der Waals surface area contributed by atoms with Crippen molar-refractivity contribution < 1.29 is 14.8 Å². The normalized spacial score (nSPS) is 19.6. The second-order valence-electron chi connectivity index (χ2n) is 5.21. The lowest BCUT2D eigenvalue weighted by molar-refractivity contribution is -0.385. The fourth-order valence-corrected chi connectivity index (χ4v) is 2.46. The van der Waals surface area contributed by atoms with Gasteiger partial charge in [-0.05, 0) is 0 Å². The zero-order valence-corrected chi connectivity index (χ0v) is 11.9. The molecule has 1 N–H and O–H groups in total. The van der Waals surface area contributed by atoms with Gasteiger partial charge in [-0.1, -0.05) is 13.8 Å². The molecule has 1 aromatic rings. The topological polar surface area (TPSA) is 93.7 Å². The Bertz CT molecular complexity index is 500. The number of aromatic nitrogens is 2. The molecule has 112 valence electrons. The second-order valence-corrected chi connectivity index (χ2v) is 5.21. The Hall–Kier alpha value is -1.67. The summed E-state index contributed by atoms with van der Waals surface area (Å²) in [5.41, 5.74) is 0.542. The van der Waals surface area contributed by atoms with Crippen molar-refractivity contribution >= 4 is 11.5 Å². The summed E-state index contributed by atoms with van der Waals surface area (Å²) in [7, 11) is 1.71. The van der Waals surface area contributed by atoms with Crippen molar-refractivity contribution in [3.63, 3.8) is 0 Å². The van der Waals surface area contributed by atoms with E-state index in [2.05, 4.69) is 5.10 Å². The van der Waals surface area contributed by atoms with Crippen LogP contribution in [0, 0.1) is 10.1 Å². The van der Waals surface area contributed by atoms with Crippen LogP contribution in [0.5, 0.6) is 0 Å². The molecule has 1 aromatic heterocycles. The molecular weight excluding hydrogens is 264 g/mol. The van der Waals surface area contributed by atoms with Gasteiger partial charge in [0.2, 0.25) is 5.82 Å². The summed E-state index contributed by atoms with van der Waals surface area (Å²) in [6.07, 6.45) is -0.319. The lowest BCUT2D eigenvalue weighted by Crippen LogP contribution is -2.45. The van der Waals surface area contributed by atoms with Crippen LogP contribution < -0.4 is 4.90 Å². The molecular formula is C12H20N4O4. The van der Waals surface area contributed by atoms with Crippen molar-refractivity contribution in [3.05, 3.63) is 15.8 Å². The Morgan fingerprint density at radius 2 is 2.30 bits per heavy atom. The third kappa shape index (κ3) is 2.61. The monoisotopic (exact) mass is 284 g/mol. The average Bonchev–Trinajstić information content (AvgIpc) is 2.77. The standard InChI is InChI=1S/C12H20N4O4/c1-8(2)10-11(16(18)19)12(14(3)13-10)15-4-5-20-9(6-15)7-17/h8-9,17H,4-7H2,1-3H3. The van der Waals surface area contributed by atoms with E-state index in [1.54, 1.807) is 11.7 Å². The van der Waals surface area contributed by atoms with Gasteiger partial charge in [0.25, 0.3) is 0 Å². The van der Waals surface area contributed by atoms with Gasteiger partial charge in [-0.3, -0.25) is 10.1 Å². The number of anilines is 1. The molecule has 0 radical (unpaired) electrons. The number of aliphatic hydroxyl groups excluding tert-OH is 1. The van der Waals surface area contributed by atoms with E-state index >= 15 is 0 Å². The van der Waals surface area contributed by atoms with Crippen LogP contribution in [0.15, 0.2) is 0 Å². The van der Waals surface area contributed by atoms with Crippen LogP contribution in [0.3, 0.4) is 0 Å². The van der Waals surface area contributed by atoms with Crippen LogP contribution in [-0.4, -0.2) is 52.2 Å². The van der Waals surface area contributed by atoms with Gasteiger partial charge in [0, 0.05) is 26.1 Å². The van der Waals surface area contributed by atoms with E-state index in [-0.39, 0.29) is 29.2 Å². The van der Waals surface area contributed by atoms with Gasteiger partial charge in [-0.25, -0.2) is 4.68 Å². The summed E-state index contributed by atoms with van der Waals surface area (Å²) in [6.45, 7) is 5.08. The van der Waals surface area contributed by atoms with Gasteiger partial charge < -0.3 is 14.7 Å². The van der Waals surface area contributed by atoms with E-state index in [1.165, 1.54) is 0 Å². The highest BCUT2D eigenvalue weighted by Crippen LogP contribution is 2.35. The zero-order valence-electron chi connectivity index (χ0n) is 11.9. The Labute approximate surface area is 117 Å². The Morgan fingerprint density at radius 1 is 1.60 bits per heavy atom. The van der Waals surface area contributed by atoms with Gasteiger partial charge in [0.15, 0.2) is 0 Å². The SMILES string of the molecule is CC(C)c1nn(C)c(N2CCOC(CO)C2)c1[N+](=O)[O-]. The van der Waals surface area contributed by atoms with Crippen molar-refractivity contribution in [2.45, 2.75) is 25.9 Å². The molecule has 0 bridgehead atoms. The molecule has 0 spiro atoms. The fourth-order valence-electron chi connectivity index (χ4n) is 2.46. The minimum atomic E-state index is -0.374. The molecule has 1 aliphatic heterocycles. The third-order valence-corrected chi connectivity index (χ3v) is 3.39. The molecule has 8 nitrogen and oxygen atoms in total. The minimum Gasteiger partial charge on any atom is -0.394 e. The Balaban J connectivity index is 2.42. The number of nitro groups is 1. The van der Waals surface area contributed by atoms with Crippen molar-refractivity contribution in [3.8, 4) is 0 Å². The van der Waals surface area contributed by atoms with Crippen LogP contribution in [0.2, 0.25) is 0 Å². The number of hydrogen-bond donors (Lipinski definition) is 1. The Kier molecular flexibility index (Phi) is 4.24. The number of aliphatic hydroxyl groups is 1. The summed E-state index contributed by atoms with van der Waals surface area (Å²) < 4.78 is 6.93. The highest BCUT2D eigenvalue weighted by atomic mass is 16.6. The molecule has 1 unspecified atom stereocenters. The first-order valence-corrected chi connectivity index (χ1v) is 6.64. The van der Waals surface area contributed by atoms with Crippen LogP contribution in [0.25, 0.3) is 0 Å². The number of nitrogens with zero attached hydrogens (tertiary/aromatic N) is 4. The lowest BCUT2D eigenvalue weighted by atomic mass is 10.1. The average molecular weight is 284 g/mol. The molecule has 8 heteroatoms. The first-order chi connectivity index (χ1) is 9.45. The molecule has 0 aromatic carbocycles. The maximum Gasteiger partial charge on any atom is 0.334 e. The quantitative estimate of drug-likeness (QED) is 0.644. The van der Waals surface area contributed by atoms with E-state index in [4.69, 9.17) is 4.74 Å². The van der Waals surface area contributed by atoms with Gasteiger partial charge in [-0.2, -0.15) is 5.10 Å². The third-order valence-electron chi connectivity index (χ3n) is 3.39. The van der Waals surface area contributed by atoms with Gasteiger partial charge >= 0.3 is 5.69 Å². The predicted octanol–water partition coefficient (Wildman–Crippen LogP) is 0.649. The number of hydrogen-bond acceptors (Lipinski definition) is 6. The molecule has 2 rings (SSSR count). The van der Waals surface area contributed by atoms with Crippen LogP contribution in [0.4, 0.5) is 11.5 Å². The van der Waals surface area contributed by atoms with E-state index < -0.39 is 0 Å². The Morgan fingerprint density at radius 3 is 2.85 bits per heavy atom. The van der Waals surface area contributed by atoms with Crippen molar-refractivity contribution in [2.24, 2.45) is 7.05 Å². The molecule has 0 aliphatic carbocycles. The van der Waals surface area contributed by atoms with Crippen molar-refractivity contribution in [1.29, 1.82) is 0 Å². The molecule has 20 heavy (non-hydrogen) atoms. The van der Waals surface area contributed by atoms with E-state index in [9.17, 15) is 15.2 Å². The van der Waals surface area contributed by atoms with Crippen molar-refractivity contribution in [2.75, 3.05) is 31.2 Å². The molecule has 1 fully saturated rings. The summed E-state index contributed by atoms with van der Waals surface area (Å²) >= 11 is 0. The zero-order chi connectivity index (χ0) is 14.9. The smallest absolute Gasteiger partial charge is 0.334 e. The van der Waals surface area contributed by atoms with Gasteiger partial charge in [0.05, 0.1) is 24.2 Å². The highest BCUT2D eigenvalue weighted by molar-refractivity contribution is 5.62. The van der Waals surface area contributed by atoms with Gasteiger partial charge in [-0.15, -0.1) is 0 Å². The van der Waals surface area contributed by atoms with Crippen LogP contribution in [-0.2, 0) is 11.8 Å². The van der Waals surface area contributed by atoms with Gasteiger partial charge in [0.1, 0.15) is 5.69 Å². The van der Waals surface area contributed by atoms with E-state index in [1.807, 2.05) is 18.7 Å². The number of aryl methyl sites for hydroxylation is 1. The first-order valence-electron chi connectivity index (χ1n) is 6.64. The highest BCUT2D eigenvalue weighted by Gasteiger charge is 2.34. The van der Waals surface area contributed by atoms with Crippen molar-refractivity contribution in [1.82, 2.24) is 9.78 Å². The molecule has 2 heterocycles. The van der Waals surface area contributed by atoms with E-state index in [0.717, 1.165) is 0 Å². The van der Waals surface area contributed by atoms with Crippen LogP contribution in [0.1, 0.15) is 25.5 Å². The number of rotatable bonds is 4. The molecule has 1 aliphatic rings. The molecule has 0 saturated carbocycles. The lowest BCUT2D eigenvalue weighted by Gasteiger charge is -2.32. The summed E-state index contributed by atoms with van der Waals surface area (Å²) in [4.78, 5) is 12.9. The minimum absolute atomic E-state index is 0.0231. The summed E-state index contributed by atoms with van der Waals surface area (Å²) in [5, 5.41) is 24.9. The maximum atomic E-state index is 11.4. The largest absolute Gasteiger partial charge is 0.394 e. The number of morpholine rings is 1. The summed E-state index contributed by atoms with van der Waals surface area (Å²) in [6, 6.07) is 0.